The minimum atomic E-state index is -0.267. The van der Waals surface area contributed by atoms with Crippen LogP contribution in [0.5, 0.6) is 0 Å². The number of amides is 2. The fraction of sp³-hybridized carbons (Fsp3) is 0.217. The number of carbonyl (C=O) groups is 2. The van der Waals surface area contributed by atoms with Gasteiger partial charge in [0.1, 0.15) is 0 Å². The molecule has 3 rings (SSSR count). The van der Waals surface area contributed by atoms with E-state index in [9.17, 15) is 9.59 Å². The van der Waals surface area contributed by atoms with E-state index >= 15 is 0 Å². The van der Waals surface area contributed by atoms with Gasteiger partial charge in [0.15, 0.2) is 5.76 Å². The first-order valence-electron chi connectivity index (χ1n) is 9.42. The van der Waals surface area contributed by atoms with Gasteiger partial charge in [-0.2, -0.15) is 0 Å². The highest BCUT2D eigenvalue weighted by atomic mass is 16.3. The Balaban J connectivity index is 1.50. The third-order valence-corrected chi connectivity index (χ3v) is 4.43. The third-order valence-electron chi connectivity index (χ3n) is 4.43. The summed E-state index contributed by atoms with van der Waals surface area (Å²) in [5.74, 6) is -0.0230. The summed E-state index contributed by atoms with van der Waals surface area (Å²) >= 11 is 0. The first-order chi connectivity index (χ1) is 13.7. The third kappa shape index (κ3) is 5.84. The van der Waals surface area contributed by atoms with Gasteiger partial charge in [-0.1, -0.05) is 60.7 Å². The lowest BCUT2D eigenvalue weighted by Gasteiger charge is -2.19. The van der Waals surface area contributed by atoms with Gasteiger partial charge in [0.25, 0.3) is 5.91 Å². The number of hydrogen-bond acceptors (Lipinski definition) is 3. The number of hydrogen-bond donors (Lipinski definition) is 2. The maximum Gasteiger partial charge on any atom is 0.286 e. The normalized spacial score (nSPS) is 11.6. The number of furan rings is 1. The Morgan fingerprint density at radius 2 is 1.61 bits per heavy atom. The Morgan fingerprint density at radius 3 is 2.29 bits per heavy atom. The molecule has 0 fully saturated rings. The van der Waals surface area contributed by atoms with Gasteiger partial charge < -0.3 is 15.1 Å². The number of nitrogens with one attached hydrogen (secondary N) is 2. The Bertz CT molecular complexity index is 861. The molecule has 2 N–H and O–H groups in total. The monoisotopic (exact) mass is 376 g/mol. The topological polar surface area (TPSA) is 71.3 Å². The molecule has 0 saturated carbocycles. The van der Waals surface area contributed by atoms with E-state index in [-0.39, 0.29) is 23.6 Å². The van der Waals surface area contributed by atoms with Crippen molar-refractivity contribution in [2.75, 3.05) is 6.54 Å². The first kappa shape index (κ1) is 19.4. The molecule has 0 aliphatic carbocycles. The molecule has 0 saturated heterocycles. The maximum absolute atomic E-state index is 12.4. The zero-order valence-electron chi connectivity index (χ0n) is 15.6. The van der Waals surface area contributed by atoms with Crippen molar-refractivity contribution in [3.63, 3.8) is 0 Å². The SMILES string of the molecule is O=C(CCCNC(=O)c1ccco1)NC(Cc1ccccc1)c1ccccc1. The molecule has 144 valence electrons. The number of benzene rings is 2. The smallest absolute Gasteiger partial charge is 0.286 e. The van der Waals surface area contributed by atoms with Crippen LogP contribution in [0.1, 0.15) is 40.6 Å². The van der Waals surface area contributed by atoms with Crippen LogP contribution in [0, 0.1) is 0 Å². The van der Waals surface area contributed by atoms with Gasteiger partial charge in [-0.3, -0.25) is 9.59 Å². The van der Waals surface area contributed by atoms with Crippen LogP contribution in [0.15, 0.2) is 83.5 Å². The first-order valence-corrected chi connectivity index (χ1v) is 9.42. The van der Waals surface area contributed by atoms with Gasteiger partial charge >= 0.3 is 0 Å². The number of carbonyl (C=O) groups excluding carboxylic acids is 2. The van der Waals surface area contributed by atoms with Crippen LogP contribution in [0.25, 0.3) is 0 Å². The molecule has 1 atom stereocenters. The van der Waals surface area contributed by atoms with Gasteiger partial charge in [-0.05, 0) is 36.1 Å². The zero-order valence-corrected chi connectivity index (χ0v) is 15.6. The lowest BCUT2D eigenvalue weighted by atomic mass is 9.98. The molecule has 0 aliphatic rings. The quantitative estimate of drug-likeness (QED) is 0.557. The molecule has 1 unspecified atom stereocenters. The van der Waals surface area contributed by atoms with Crippen LogP contribution < -0.4 is 10.6 Å². The predicted octanol–water partition coefficient (Wildman–Crippen LogP) is 3.89. The second-order valence-corrected chi connectivity index (χ2v) is 6.56. The average Bonchev–Trinajstić information content (AvgIpc) is 3.27. The highest BCUT2D eigenvalue weighted by Gasteiger charge is 2.15. The Hall–Kier alpha value is -3.34. The summed E-state index contributed by atoms with van der Waals surface area (Å²) in [6, 6.07) is 23.3. The molecule has 5 heteroatoms. The van der Waals surface area contributed by atoms with Gasteiger partial charge in [-0.15, -0.1) is 0 Å². The molecular formula is C23H24N2O3. The van der Waals surface area contributed by atoms with E-state index in [0.717, 1.165) is 12.0 Å². The highest BCUT2D eigenvalue weighted by Crippen LogP contribution is 2.18. The molecule has 2 amide bonds. The molecule has 1 heterocycles. The molecule has 0 aliphatic heterocycles. The molecular weight excluding hydrogens is 352 g/mol. The summed E-state index contributed by atoms with van der Waals surface area (Å²) in [5.41, 5.74) is 2.24. The van der Waals surface area contributed by atoms with Crippen molar-refractivity contribution in [2.45, 2.75) is 25.3 Å². The van der Waals surface area contributed by atoms with E-state index in [2.05, 4.69) is 22.8 Å². The van der Waals surface area contributed by atoms with Gasteiger partial charge in [-0.25, -0.2) is 0 Å². The summed E-state index contributed by atoms with van der Waals surface area (Å²) in [4.78, 5) is 24.3. The largest absolute Gasteiger partial charge is 0.459 e. The summed E-state index contributed by atoms with van der Waals surface area (Å²) < 4.78 is 5.04. The van der Waals surface area contributed by atoms with Crippen molar-refractivity contribution in [1.82, 2.24) is 10.6 Å². The van der Waals surface area contributed by atoms with Gasteiger partial charge in [0, 0.05) is 13.0 Å². The predicted molar refractivity (Wildman–Crippen MR) is 108 cm³/mol. The fourth-order valence-corrected chi connectivity index (χ4v) is 3.00. The van der Waals surface area contributed by atoms with Crippen molar-refractivity contribution < 1.29 is 14.0 Å². The second kappa shape index (κ2) is 10.1. The molecule has 1 aromatic heterocycles. The van der Waals surface area contributed by atoms with E-state index < -0.39 is 0 Å². The molecule has 0 radical (unpaired) electrons. The molecule has 28 heavy (non-hydrogen) atoms. The van der Waals surface area contributed by atoms with E-state index in [1.807, 2.05) is 48.5 Å². The Kier molecular flexibility index (Phi) is 7.01. The molecule has 5 nitrogen and oxygen atoms in total. The van der Waals surface area contributed by atoms with Crippen molar-refractivity contribution in [1.29, 1.82) is 0 Å². The van der Waals surface area contributed by atoms with Crippen LogP contribution >= 0.6 is 0 Å². The molecule has 2 aromatic carbocycles. The van der Waals surface area contributed by atoms with Crippen molar-refractivity contribution in [3.05, 3.63) is 95.9 Å². The lowest BCUT2D eigenvalue weighted by Crippen LogP contribution is -2.31. The second-order valence-electron chi connectivity index (χ2n) is 6.56. The Labute approximate surface area is 164 Å². The fourth-order valence-electron chi connectivity index (χ4n) is 3.00. The summed E-state index contributed by atoms with van der Waals surface area (Å²) in [6.45, 7) is 0.418. The van der Waals surface area contributed by atoms with Gasteiger partial charge in [0.2, 0.25) is 5.91 Å². The van der Waals surface area contributed by atoms with Crippen LogP contribution in [0.2, 0.25) is 0 Å². The average molecular weight is 376 g/mol. The lowest BCUT2D eigenvalue weighted by molar-refractivity contribution is -0.121. The summed E-state index contributed by atoms with van der Waals surface area (Å²) in [7, 11) is 0. The minimum Gasteiger partial charge on any atom is -0.459 e. The van der Waals surface area contributed by atoms with Crippen molar-refractivity contribution >= 4 is 11.8 Å². The van der Waals surface area contributed by atoms with E-state index in [1.54, 1.807) is 12.1 Å². The van der Waals surface area contributed by atoms with Crippen LogP contribution in [-0.2, 0) is 11.2 Å². The molecule has 0 bridgehead atoms. The van der Waals surface area contributed by atoms with E-state index in [0.29, 0.717) is 19.4 Å². The van der Waals surface area contributed by atoms with Gasteiger partial charge in [0.05, 0.1) is 12.3 Å². The standard InChI is InChI=1S/C23H24N2O3/c26-22(14-7-15-24-23(27)21-13-8-16-28-21)25-20(19-11-5-2-6-12-19)17-18-9-3-1-4-10-18/h1-6,8-13,16,20H,7,14-15,17H2,(H,24,27)(H,25,26). The van der Waals surface area contributed by atoms with E-state index in [1.165, 1.54) is 11.8 Å². The Morgan fingerprint density at radius 1 is 0.893 bits per heavy atom. The molecule has 3 aromatic rings. The minimum absolute atomic E-state index is 0.0305. The molecule has 0 spiro atoms. The van der Waals surface area contributed by atoms with Crippen LogP contribution in [-0.4, -0.2) is 18.4 Å². The van der Waals surface area contributed by atoms with E-state index in [4.69, 9.17) is 4.42 Å². The summed E-state index contributed by atoms with van der Waals surface area (Å²) in [6.07, 6.45) is 3.09. The van der Waals surface area contributed by atoms with Crippen molar-refractivity contribution in [2.24, 2.45) is 0 Å². The summed E-state index contributed by atoms with van der Waals surface area (Å²) in [5, 5.41) is 5.88. The van der Waals surface area contributed by atoms with Crippen molar-refractivity contribution in [3.8, 4) is 0 Å². The highest BCUT2D eigenvalue weighted by molar-refractivity contribution is 5.91. The van der Waals surface area contributed by atoms with Crippen LogP contribution in [0.4, 0.5) is 0 Å². The van der Waals surface area contributed by atoms with Crippen LogP contribution in [0.3, 0.4) is 0 Å². The maximum atomic E-state index is 12.4. The zero-order chi connectivity index (χ0) is 19.6. The number of rotatable bonds is 9.